The maximum Gasteiger partial charge on any atom is 0.660 e. The van der Waals surface area contributed by atoms with E-state index in [2.05, 4.69) is 61.7 Å². The first-order valence-electron chi connectivity index (χ1n) is 19.9. The van der Waals surface area contributed by atoms with Crippen molar-refractivity contribution in [3.8, 4) is 0 Å². The van der Waals surface area contributed by atoms with Gasteiger partial charge in [0.2, 0.25) is 0 Å². The maximum atomic E-state index is 13.9. The number of thiol groups is 2. The Bertz CT molecular complexity index is 1850. The first kappa shape index (κ1) is 47.7. The molecule has 4 N–H and O–H groups in total. The fourth-order valence-corrected chi connectivity index (χ4v) is 12.7. The number of aliphatic hydroxyl groups excluding tert-OH is 4. The van der Waals surface area contributed by atoms with E-state index in [1.165, 1.54) is 0 Å². The van der Waals surface area contributed by atoms with E-state index >= 15 is 0 Å². The van der Waals surface area contributed by atoms with Crippen molar-refractivity contribution < 1.29 is 42.9 Å². The lowest BCUT2D eigenvalue weighted by atomic mass is 9.67. The lowest BCUT2D eigenvalue weighted by Crippen LogP contribution is -2.39. The molecule has 320 valence electrons. The van der Waals surface area contributed by atoms with Crippen molar-refractivity contribution in [3.63, 3.8) is 0 Å². The zero-order valence-electron chi connectivity index (χ0n) is 33.6. The smallest absolute Gasteiger partial charge is 0.395 e. The minimum atomic E-state index is -2.66. The van der Waals surface area contributed by atoms with Crippen molar-refractivity contribution in [3.05, 3.63) is 167 Å². The number of aliphatic hydroxyl groups is 4. The van der Waals surface area contributed by atoms with Gasteiger partial charge in [-0.25, -0.2) is 0 Å². The Kier molecular flexibility index (Phi) is 18.9. The van der Waals surface area contributed by atoms with Gasteiger partial charge in [0.05, 0.1) is 37.9 Å². The molecule has 0 aliphatic carbocycles. The number of benzene rings is 5. The van der Waals surface area contributed by atoms with Gasteiger partial charge in [-0.2, -0.15) is 0 Å². The second-order valence-electron chi connectivity index (χ2n) is 14.3. The molecule has 0 saturated carbocycles. The molecule has 0 aromatic heterocycles. The highest BCUT2D eigenvalue weighted by Gasteiger charge is 2.42. The van der Waals surface area contributed by atoms with Crippen molar-refractivity contribution >= 4 is 64.8 Å². The van der Waals surface area contributed by atoms with Gasteiger partial charge < -0.3 is 33.3 Å². The van der Waals surface area contributed by atoms with Gasteiger partial charge >= 0.3 is 7.32 Å². The van der Waals surface area contributed by atoms with Gasteiger partial charge in [0, 0.05) is 56.0 Å². The number of ketones is 2. The molecule has 0 heterocycles. The van der Waals surface area contributed by atoms with Gasteiger partial charge in [-0.05, 0) is 53.8 Å². The molecule has 9 nitrogen and oxygen atoms in total. The van der Waals surface area contributed by atoms with Crippen LogP contribution in [0, 0.1) is 0 Å². The van der Waals surface area contributed by atoms with E-state index in [0.717, 1.165) is 16.7 Å². The summed E-state index contributed by atoms with van der Waals surface area (Å²) in [5.74, 6) is -0.700. The highest BCUT2D eigenvalue weighted by Crippen LogP contribution is 2.54. The highest BCUT2D eigenvalue weighted by molar-refractivity contribution is 8.32. The van der Waals surface area contributed by atoms with Crippen LogP contribution in [0.1, 0.15) is 50.2 Å². The van der Waals surface area contributed by atoms with Gasteiger partial charge in [-0.3, -0.25) is 9.59 Å². The normalized spacial score (nSPS) is 12.6. The van der Waals surface area contributed by atoms with E-state index < -0.39 is 33.4 Å². The number of carbonyl (C=O) groups is 2. The molecule has 0 aliphatic heterocycles. The van der Waals surface area contributed by atoms with Crippen LogP contribution >= 0.6 is 45.9 Å². The molecular weight excluding hydrogens is 836 g/mol. The predicted octanol–water partition coefficient (Wildman–Crippen LogP) is 7.59. The molecule has 0 amide bonds. The molecule has 14 heteroatoms. The van der Waals surface area contributed by atoms with E-state index in [4.69, 9.17) is 12.9 Å². The molecule has 5 aromatic carbocycles. The van der Waals surface area contributed by atoms with Gasteiger partial charge in [-0.15, -0.1) is 45.9 Å². The van der Waals surface area contributed by atoms with E-state index in [-0.39, 0.29) is 79.1 Å². The Morgan fingerprint density at radius 1 is 0.517 bits per heavy atom. The summed E-state index contributed by atoms with van der Waals surface area (Å²) in [6.45, 7) is -1.27. The Labute approximate surface area is 368 Å². The van der Waals surface area contributed by atoms with Gasteiger partial charge in [0.1, 0.15) is 0 Å². The van der Waals surface area contributed by atoms with Crippen molar-refractivity contribution in [2.45, 2.75) is 28.0 Å². The summed E-state index contributed by atoms with van der Waals surface area (Å²) >= 11 is 8.71. The Morgan fingerprint density at radius 3 is 1.17 bits per heavy atom. The number of rotatable bonds is 26. The van der Waals surface area contributed by atoms with E-state index in [1.54, 1.807) is 48.5 Å². The van der Waals surface area contributed by atoms with Crippen LogP contribution in [-0.4, -0.2) is 107 Å². The lowest BCUT2D eigenvalue weighted by Gasteiger charge is -2.44. The van der Waals surface area contributed by atoms with Crippen LogP contribution in [0.3, 0.4) is 0 Å². The van der Waals surface area contributed by atoms with E-state index in [1.807, 2.05) is 54.6 Å². The molecule has 0 spiro atoms. The lowest BCUT2D eigenvalue weighted by molar-refractivity contribution is 0.101. The summed E-state index contributed by atoms with van der Waals surface area (Å²) in [4.78, 5) is 29.1. The average Bonchev–Trinajstić information content (AvgIpc) is 3.25. The minimum Gasteiger partial charge on any atom is -0.395 e. The zero-order chi connectivity index (χ0) is 42.9. The standard InChI is InChI=1S/C46H55BO9S4/c48-26-31-59(32-27-49,35-44(52)37-17-21-42(57)22-18-37)55-47(56-60(33-28-50,34-29-51)36-45(53)38-19-23-43(58)24-20-38)54-30-10-25-46(39-11-4-1-5-12-39,40-13-6-2-7-14-40)41-15-8-3-9-16-41/h1-9,11-24,48-51,57-58H,10,25-36H2. The summed E-state index contributed by atoms with van der Waals surface area (Å²) in [5.41, 5.74) is 3.57. The van der Waals surface area contributed by atoms with E-state index in [0.29, 0.717) is 33.8 Å². The molecule has 0 radical (unpaired) electrons. The summed E-state index contributed by atoms with van der Waals surface area (Å²) < 4.78 is 20.2. The quantitative estimate of drug-likeness (QED) is 0.0109. The third-order valence-electron chi connectivity index (χ3n) is 10.3. The second kappa shape index (κ2) is 23.7. The second-order valence-corrected chi connectivity index (χ2v) is 21.8. The topological polar surface area (TPSA) is 143 Å². The van der Waals surface area contributed by atoms with Crippen LogP contribution in [0.4, 0.5) is 0 Å². The summed E-state index contributed by atoms with van der Waals surface area (Å²) in [6, 6.07) is 44.4. The van der Waals surface area contributed by atoms with Crippen LogP contribution < -0.4 is 0 Å². The SMILES string of the molecule is O=C(CS(CCO)(CCO)OB(OCCCC(c1ccccc1)(c1ccccc1)c1ccccc1)OS(CCO)(CCO)CC(=O)c1ccc(S)cc1)c1ccc(S)cc1. The van der Waals surface area contributed by atoms with Crippen molar-refractivity contribution in [2.75, 3.05) is 67.6 Å². The van der Waals surface area contributed by atoms with Crippen molar-refractivity contribution in [1.29, 1.82) is 0 Å². The number of carbonyl (C=O) groups excluding carboxylic acids is 2. The average molecular weight is 891 g/mol. The third kappa shape index (κ3) is 12.8. The van der Waals surface area contributed by atoms with Crippen LogP contribution in [0.25, 0.3) is 0 Å². The molecule has 0 bridgehead atoms. The van der Waals surface area contributed by atoms with Gasteiger partial charge in [0.25, 0.3) is 0 Å². The fraction of sp³-hybridized carbons (Fsp3) is 0.304. The monoisotopic (exact) mass is 890 g/mol. The van der Waals surface area contributed by atoms with Crippen molar-refractivity contribution in [2.24, 2.45) is 0 Å². The molecule has 0 fully saturated rings. The zero-order valence-corrected chi connectivity index (χ0v) is 37.0. The Balaban J connectivity index is 1.52. The van der Waals surface area contributed by atoms with Crippen LogP contribution in [0.15, 0.2) is 149 Å². The molecule has 5 rings (SSSR count). The number of hydrogen-bond acceptors (Lipinski definition) is 11. The summed E-state index contributed by atoms with van der Waals surface area (Å²) in [5, 5.41) is 41.6. The predicted molar refractivity (Wildman–Crippen MR) is 251 cm³/mol. The van der Waals surface area contributed by atoms with Crippen LogP contribution in [-0.2, 0) is 18.3 Å². The highest BCUT2D eigenvalue weighted by atomic mass is 32.3. The molecule has 60 heavy (non-hydrogen) atoms. The molecule has 0 saturated heterocycles. The van der Waals surface area contributed by atoms with Crippen molar-refractivity contribution in [1.82, 2.24) is 0 Å². The molecule has 0 unspecified atom stereocenters. The molecule has 0 atom stereocenters. The minimum absolute atomic E-state index is 0.0314. The van der Waals surface area contributed by atoms with Gasteiger partial charge in [0.15, 0.2) is 11.6 Å². The third-order valence-corrected chi connectivity index (χ3v) is 17.3. The molecule has 5 aromatic rings. The maximum absolute atomic E-state index is 13.9. The van der Waals surface area contributed by atoms with Crippen LogP contribution in [0.2, 0.25) is 0 Å². The van der Waals surface area contributed by atoms with Crippen LogP contribution in [0.5, 0.6) is 0 Å². The number of Topliss-reactive ketones (excluding diaryl/α,β-unsaturated/α-hetero) is 2. The summed E-state index contributed by atoms with van der Waals surface area (Å²) in [6.07, 6.45) is 1.10. The first-order chi connectivity index (χ1) is 29.1. The molecular formula is C46H55BO9S4. The molecule has 0 aliphatic rings. The Morgan fingerprint density at radius 2 is 0.850 bits per heavy atom. The Hall–Kier alpha value is -3.38. The fourth-order valence-electron chi connectivity index (χ4n) is 7.38. The van der Waals surface area contributed by atoms with Gasteiger partial charge in [-0.1, -0.05) is 115 Å². The van der Waals surface area contributed by atoms with E-state index in [9.17, 15) is 30.0 Å². The number of hydrogen-bond donors (Lipinski definition) is 6. The largest absolute Gasteiger partial charge is 0.660 e. The first-order valence-corrected chi connectivity index (χ1v) is 24.9. The summed E-state index contributed by atoms with van der Waals surface area (Å²) in [7, 11) is -6.81.